The lowest BCUT2D eigenvalue weighted by molar-refractivity contribution is 0.563. The zero-order chi connectivity index (χ0) is 16.3. The molecule has 22 heavy (non-hydrogen) atoms. The van der Waals surface area contributed by atoms with Gasteiger partial charge in [-0.2, -0.15) is 0 Å². The van der Waals surface area contributed by atoms with E-state index in [1.807, 2.05) is 13.8 Å². The molecule has 2 heteroatoms. The topological polar surface area (TPSA) is 15.3 Å². The molecule has 1 aliphatic heterocycles. The third kappa shape index (κ3) is 3.27. The lowest BCUT2D eigenvalue weighted by atomic mass is 9.87. The molecule has 0 aliphatic carbocycles. The molecule has 0 aromatic heterocycles. The molecule has 1 aliphatic rings. The molecule has 0 spiro atoms. The van der Waals surface area contributed by atoms with Gasteiger partial charge in [0.1, 0.15) is 0 Å². The van der Waals surface area contributed by atoms with Gasteiger partial charge in [-0.05, 0) is 48.4 Å². The van der Waals surface area contributed by atoms with Crippen molar-refractivity contribution in [3.05, 3.63) is 53.6 Å². The molecule has 0 unspecified atom stereocenters. The van der Waals surface area contributed by atoms with E-state index in [0.29, 0.717) is 0 Å². The molecule has 0 atom stereocenters. The predicted octanol–water partition coefficient (Wildman–Crippen LogP) is 5.49. The van der Waals surface area contributed by atoms with Crippen LogP contribution in [0, 0.1) is 6.92 Å². The van der Waals surface area contributed by atoms with E-state index in [-0.39, 0.29) is 5.41 Å². The summed E-state index contributed by atoms with van der Waals surface area (Å²) < 4.78 is 0. The second kappa shape index (κ2) is 6.43. The summed E-state index contributed by atoms with van der Waals surface area (Å²) >= 11 is 0. The van der Waals surface area contributed by atoms with Gasteiger partial charge in [-0.1, -0.05) is 39.8 Å². The number of fused-ring (bicyclic) bond motifs is 1. The fourth-order valence-corrected chi connectivity index (χ4v) is 3.14. The maximum atomic E-state index is 3.51. The Hall–Kier alpha value is -1.96. The highest BCUT2D eigenvalue weighted by atomic mass is 15.1. The van der Waals surface area contributed by atoms with E-state index < -0.39 is 0 Å². The number of nitrogens with zero attached hydrogens (tertiary/aromatic N) is 1. The van der Waals surface area contributed by atoms with Crippen molar-refractivity contribution in [1.82, 2.24) is 0 Å². The lowest BCUT2D eigenvalue weighted by Gasteiger charge is -2.19. The van der Waals surface area contributed by atoms with Crippen molar-refractivity contribution in [2.75, 3.05) is 23.8 Å². The second-order valence-corrected chi connectivity index (χ2v) is 6.47. The number of anilines is 3. The number of rotatable bonds is 2. The van der Waals surface area contributed by atoms with Crippen LogP contribution in [0.2, 0.25) is 0 Å². The van der Waals surface area contributed by atoms with Crippen molar-refractivity contribution < 1.29 is 0 Å². The van der Waals surface area contributed by atoms with Crippen LogP contribution in [0.5, 0.6) is 0 Å². The van der Waals surface area contributed by atoms with Crippen LogP contribution in [-0.4, -0.2) is 13.6 Å². The molecule has 0 amide bonds. The Kier molecular flexibility index (Phi) is 4.80. The summed E-state index contributed by atoms with van der Waals surface area (Å²) in [6, 6.07) is 15.2. The first-order chi connectivity index (χ1) is 10.5. The number of likely N-dealkylation sites (N-methyl/N-ethyl adjacent to an activating group) is 1. The van der Waals surface area contributed by atoms with Crippen LogP contribution in [0.1, 0.15) is 38.8 Å². The zero-order valence-corrected chi connectivity index (χ0v) is 14.7. The van der Waals surface area contributed by atoms with E-state index in [4.69, 9.17) is 0 Å². The second-order valence-electron chi connectivity index (χ2n) is 6.47. The molecule has 2 nitrogen and oxygen atoms in total. The smallest absolute Gasteiger partial charge is 0.0404 e. The number of aryl methyl sites for hydroxylation is 1. The van der Waals surface area contributed by atoms with E-state index in [1.165, 1.54) is 16.8 Å². The number of nitrogens with one attached hydrogen (secondary N) is 1. The van der Waals surface area contributed by atoms with E-state index >= 15 is 0 Å². The van der Waals surface area contributed by atoms with Gasteiger partial charge in [-0.3, -0.25) is 0 Å². The first-order valence-electron chi connectivity index (χ1n) is 8.15. The molecule has 0 radical (unpaired) electrons. The molecule has 0 fully saturated rings. The summed E-state index contributed by atoms with van der Waals surface area (Å²) in [4.78, 5) is 2.34. The third-order valence-electron chi connectivity index (χ3n) is 4.08. The maximum absolute atomic E-state index is 3.51. The van der Waals surface area contributed by atoms with Crippen LogP contribution in [-0.2, 0) is 5.41 Å². The highest BCUT2D eigenvalue weighted by molar-refractivity contribution is 5.70. The highest BCUT2D eigenvalue weighted by Gasteiger charge is 2.33. The molecule has 2 aromatic rings. The number of benzene rings is 2. The predicted molar refractivity (Wildman–Crippen MR) is 98.5 cm³/mol. The summed E-state index contributed by atoms with van der Waals surface area (Å²) in [5.74, 6) is 0. The third-order valence-corrected chi connectivity index (χ3v) is 4.08. The van der Waals surface area contributed by atoms with Crippen LogP contribution in [0.15, 0.2) is 42.5 Å². The minimum absolute atomic E-state index is 0.217. The van der Waals surface area contributed by atoms with Gasteiger partial charge in [0, 0.05) is 36.1 Å². The molecule has 2 aromatic carbocycles. The Balaban J connectivity index is 0.000000847. The minimum Gasteiger partial charge on any atom is -0.373 e. The van der Waals surface area contributed by atoms with Gasteiger partial charge in [0.25, 0.3) is 0 Å². The number of hydrogen-bond acceptors (Lipinski definition) is 2. The Morgan fingerprint density at radius 3 is 2.36 bits per heavy atom. The van der Waals surface area contributed by atoms with Crippen LogP contribution >= 0.6 is 0 Å². The van der Waals surface area contributed by atoms with Crippen LogP contribution in [0.3, 0.4) is 0 Å². The number of hydrogen-bond donors (Lipinski definition) is 1. The van der Waals surface area contributed by atoms with Gasteiger partial charge in [-0.15, -0.1) is 0 Å². The summed E-state index contributed by atoms with van der Waals surface area (Å²) in [5, 5.41) is 3.51. The molecule has 3 rings (SSSR count). The zero-order valence-electron chi connectivity index (χ0n) is 14.7. The Bertz CT molecular complexity index is 644. The van der Waals surface area contributed by atoms with E-state index in [1.54, 1.807) is 0 Å². The van der Waals surface area contributed by atoms with Gasteiger partial charge in [-0.25, -0.2) is 0 Å². The fraction of sp³-hybridized carbons (Fsp3) is 0.400. The van der Waals surface area contributed by atoms with Crippen molar-refractivity contribution in [2.45, 2.75) is 40.0 Å². The van der Waals surface area contributed by atoms with Gasteiger partial charge in [0.05, 0.1) is 0 Å². The standard InChI is InChI=1S/C18H22N2.C2H6/c1-13-6-5-7-14(10-13)19-15-8-9-17-16(11-15)18(2,3)12-20(17)4;1-2/h5-11,19H,12H2,1-4H3;1-2H3. The molecular weight excluding hydrogens is 268 g/mol. The van der Waals surface area contributed by atoms with Crippen LogP contribution in [0.25, 0.3) is 0 Å². The molecule has 1 N–H and O–H groups in total. The average molecular weight is 296 g/mol. The fourth-order valence-electron chi connectivity index (χ4n) is 3.14. The summed E-state index contributed by atoms with van der Waals surface area (Å²) in [5.41, 5.74) is 6.58. The van der Waals surface area contributed by atoms with Crippen molar-refractivity contribution >= 4 is 17.1 Å². The quantitative estimate of drug-likeness (QED) is 0.788. The van der Waals surface area contributed by atoms with E-state index in [9.17, 15) is 0 Å². The molecule has 118 valence electrons. The van der Waals surface area contributed by atoms with Crippen molar-refractivity contribution in [3.8, 4) is 0 Å². The SMILES string of the molecule is CC.Cc1cccc(Nc2ccc3c(c2)C(C)(C)CN3C)c1. The van der Waals surface area contributed by atoms with Gasteiger partial charge in [0.15, 0.2) is 0 Å². The van der Waals surface area contributed by atoms with Crippen molar-refractivity contribution in [1.29, 1.82) is 0 Å². The monoisotopic (exact) mass is 296 g/mol. The summed E-state index contributed by atoms with van der Waals surface area (Å²) in [6.07, 6.45) is 0. The first-order valence-corrected chi connectivity index (χ1v) is 8.15. The molecule has 1 heterocycles. The summed E-state index contributed by atoms with van der Waals surface area (Å²) in [6.45, 7) is 11.8. The van der Waals surface area contributed by atoms with Gasteiger partial charge in [0.2, 0.25) is 0 Å². The normalized spacial score (nSPS) is 14.9. The average Bonchev–Trinajstić information content (AvgIpc) is 2.71. The Morgan fingerprint density at radius 2 is 1.68 bits per heavy atom. The molecular formula is C20H28N2. The first kappa shape index (κ1) is 16.4. The Morgan fingerprint density at radius 1 is 1.00 bits per heavy atom. The van der Waals surface area contributed by atoms with E-state index in [0.717, 1.165) is 17.9 Å². The molecule has 0 bridgehead atoms. The lowest BCUT2D eigenvalue weighted by Crippen LogP contribution is -2.24. The van der Waals surface area contributed by atoms with Crippen molar-refractivity contribution in [3.63, 3.8) is 0 Å². The minimum atomic E-state index is 0.217. The van der Waals surface area contributed by atoms with E-state index in [2.05, 4.69) is 80.5 Å². The highest BCUT2D eigenvalue weighted by Crippen LogP contribution is 2.41. The van der Waals surface area contributed by atoms with Gasteiger partial charge >= 0.3 is 0 Å². The maximum Gasteiger partial charge on any atom is 0.0404 e. The molecule has 0 saturated heterocycles. The van der Waals surface area contributed by atoms with Gasteiger partial charge < -0.3 is 10.2 Å². The molecule has 0 saturated carbocycles. The summed E-state index contributed by atoms with van der Waals surface area (Å²) in [7, 11) is 2.17. The van der Waals surface area contributed by atoms with Crippen molar-refractivity contribution in [2.24, 2.45) is 0 Å². The Labute approximate surface area is 135 Å². The largest absolute Gasteiger partial charge is 0.373 e. The van der Waals surface area contributed by atoms with Crippen LogP contribution < -0.4 is 10.2 Å². The van der Waals surface area contributed by atoms with Crippen LogP contribution in [0.4, 0.5) is 17.1 Å².